The molecule has 1 unspecified atom stereocenters. The predicted molar refractivity (Wildman–Crippen MR) is 75.4 cm³/mol. The third-order valence-electron chi connectivity index (χ3n) is 3.81. The Morgan fingerprint density at radius 3 is 2.32 bits per heavy atom. The number of rotatable bonds is 5. The minimum Gasteiger partial charge on any atom is -0.359 e. The van der Waals surface area contributed by atoms with E-state index in [9.17, 15) is 9.59 Å². The lowest BCUT2D eigenvalue weighted by Crippen LogP contribution is -2.46. The quantitative estimate of drug-likeness (QED) is 0.767. The van der Waals surface area contributed by atoms with Gasteiger partial charge in [0, 0.05) is 32.6 Å². The molecular weight excluding hydrogens is 242 g/mol. The summed E-state index contributed by atoms with van der Waals surface area (Å²) in [4.78, 5) is 25.8. The summed E-state index contributed by atoms with van der Waals surface area (Å²) in [7, 11) is 1.66. The SMILES string of the molecule is CNC(=O)C1CCN(C(=O)C(CN)CC(C)C)CC1. The van der Waals surface area contributed by atoms with E-state index < -0.39 is 0 Å². The lowest BCUT2D eigenvalue weighted by molar-refractivity contribution is -0.139. The topological polar surface area (TPSA) is 75.4 Å². The molecular formula is C14H27N3O2. The Bertz CT molecular complexity index is 310. The van der Waals surface area contributed by atoms with Crippen LogP contribution in [0.5, 0.6) is 0 Å². The van der Waals surface area contributed by atoms with Crippen LogP contribution in [0.3, 0.4) is 0 Å². The molecule has 1 saturated heterocycles. The van der Waals surface area contributed by atoms with Crippen LogP contribution in [0.2, 0.25) is 0 Å². The van der Waals surface area contributed by atoms with E-state index in [-0.39, 0.29) is 23.7 Å². The van der Waals surface area contributed by atoms with E-state index in [1.807, 2.05) is 4.90 Å². The van der Waals surface area contributed by atoms with Crippen molar-refractivity contribution in [3.8, 4) is 0 Å². The van der Waals surface area contributed by atoms with Gasteiger partial charge in [0.05, 0.1) is 5.92 Å². The molecule has 2 amide bonds. The van der Waals surface area contributed by atoms with Crippen LogP contribution < -0.4 is 11.1 Å². The Labute approximate surface area is 115 Å². The first-order chi connectivity index (χ1) is 8.99. The van der Waals surface area contributed by atoms with Gasteiger partial charge in [0.25, 0.3) is 0 Å². The summed E-state index contributed by atoms with van der Waals surface area (Å²) in [6, 6.07) is 0. The molecule has 0 radical (unpaired) electrons. The highest BCUT2D eigenvalue weighted by molar-refractivity contribution is 5.81. The molecule has 0 aliphatic carbocycles. The molecule has 0 spiro atoms. The molecule has 1 aliphatic rings. The standard InChI is InChI=1S/C14H27N3O2/c1-10(2)8-12(9-15)14(19)17-6-4-11(5-7-17)13(18)16-3/h10-12H,4-9,15H2,1-3H3,(H,16,18). The zero-order valence-corrected chi connectivity index (χ0v) is 12.3. The second kappa shape index (κ2) is 7.48. The summed E-state index contributed by atoms with van der Waals surface area (Å²) in [5, 5.41) is 2.68. The van der Waals surface area contributed by atoms with Crippen molar-refractivity contribution in [2.24, 2.45) is 23.5 Å². The van der Waals surface area contributed by atoms with Crippen molar-refractivity contribution < 1.29 is 9.59 Å². The second-order valence-electron chi connectivity index (χ2n) is 5.78. The third kappa shape index (κ3) is 4.49. The number of nitrogens with one attached hydrogen (secondary N) is 1. The van der Waals surface area contributed by atoms with Gasteiger partial charge in [0.2, 0.25) is 11.8 Å². The number of nitrogens with two attached hydrogens (primary N) is 1. The number of carbonyl (C=O) groups excluding carboxylic acids is 2. The highest BCUT2D eigenvalue weighted by atomic mass is 16.2. The van der Waals surface area contributed by atoms with Crippen LogP contribution in [0.4, 0.5) is 0 Å². The highest BCUT2D eigenvalue weighted by Gasteiger charge is 2.30. The second-order valence-corrected chi connectivity index (χ2v) is 5.78. The number of amides is 2. The van der Waals surface area contributed by atoms with Crippen molar-refractivity contribution in [1.29, 1.82) is 0 Å². The van der Waals surface area contributed by atoms with Crippen LogP contribution in [0.25, 0.3) is 0 Å². The monoisotopic (exact) mass is 269 g/mol. The first-order valence-electron chi connectivity index (χ1n) is 7.20. The number of nitrogens with zero attached hydrogens (tertiary/aromatic N) is 1. The lowest BCUT2D eigenvalue weighted by atomic mass is 9.92. The van der Waals surface area contributed by atoms with Gasteiger partial charge < -0.3 is 16.0 Å². The van der Waals surface area contributed by atoms with E-state index in [0.29, 0.717) is 25.6 Å². The van der Waals surface area contributed by atoms with Crippen molar-refractivity contribution in [2.75, 3.05) is 26.7 Å². The van der Waals surface area contributed by atoms with Crippen molar-refractivity contribution >= 4 is 11.8 Å². The van der Waals surface area contributed by atoms with Gasteiger partial charge in [-0.3, -0.25) is 9.59 Å². The highest BCUT2D eigenvalue weighted by Crippen LogP contribution is 2.21. The zero-order chi connectivity index (χ0) is 14.4. The number of hydrogen-bond donors (Lipinski definition) is 2. The molecule has 0 aromatic carbocycles. The summed E-state index contributed by atoms with van der Waals surface area (Å²) in [5.41, 5.74) is 5.71. The summed E-state index contributed by atoms with van der Waals surface area (Å²) in [6.07, 6.45) is 2.35. The van der Waals surface area contributed by atoms with E-state index in [1.54, 1.807) is 7.05 Å². The Balaban J connectivity index is 2.49. The van der Waals surface area contributed by atoms with Gasteiger partial charge in [0.15, 0.2) is 0 Å². The Kier molecular flexibility index (Phi) is 6.28. The van der Waals surface area contributed by atoms with Gasteiger partial charge in [-0.1, -0.05) is 13.8 Å². The van der Waals surface area contributed by atoms with E-state index in [1.165, 1.54) is 0 Å². The molecule has 1 rings (SSSR count). The normalized spacial score (nSPS) is 18.5. The van der Waals surface area contributed by atoms with Gasteiger partial charge >= 0.3 is 0 Å². The van der Waals surface area contributed by atoms with Crippen LogP contribution >= 0.6 is 0 Å². The molecule has 110 valence electrons. The smallest absolute Gasteiger partial charge is 0.226 e. The summed E-state index contributed by atoms with van der Waals surface area (Å²) in [5.74, 6) is 0.698. The fourth-order valence-electron chi connectivity index (χ4n) is 2.69. The molecule has 1 aliphatic heterocycles. The number of likely N-dealkylation sites (tertiary alicyclic amines) is 1. The summed E-state index contributed by atoms with van der Waals surface area (Å²) >= 11 is 0. The molecule has 0 aromatic rings. The maximum absolute atomic E-state index is 12.4. The fourth-order valence-corrected chi connectivity index (χ4v) is 2.69. The van der Waals surface area contributed by atoms with E-state index >= 15 is 0 Å². The van der Waals surface area contributed by atoms with E-state index in [0.717, 1.165) is 19.3 Å². The fraction of sp³-hybridized carbons (Fsp3) is 0.857. The molecule has 0 saturated carbocycles. The number of hydrogen-bond acceptors (Lipinski definition) is 3. The molecule has 0 aromatic heterocycles. The molecule has 3 N–H and O–H groups in total. The van der Waals surface area contributed by atoms with Gasteiger partial charge in [-0.15, -0.1) is 0 Å². The minimum absolute atomic E-state index is 0.0514. The largest absolute Gasteiger partial charge is 0.359 e. The van der Waals surface area contributed by atoms with Crippen LogP contribution in [-0.2, 0) is 9.59 Å². The molecule has 1 heterocycles. The van der Waals surface area contributed by atoms with Gasteiger partial charge in [-0.05, 0) is 25.2 Å². The molecule has 0 bridgehead atoms. The van der Waals surface area contributed by atoms with Crippen LogP contribution in [0, 0.1) is 17.8 Å². The summed E-state index contributed by atoms with van der Waals surface area (Å²) in [6.45, 7) is 5.96. The molecule has 1 fully saturated rings. The molecule has 5 heteroatoms. The Hall–Kier alpha value is -1.10. The van der Waals surface area contributed by atoms with Crippen molar-refractivity contribution in [1.82, 2.24) is 10.2 Å². The minimum atomic E-state index is -0.0726. The lowest BCUT2D eigenvalue weighted by Gasteiger charge is -2.33. The first kappa shape index (κ1) is 16.0. The average molecular weight is 269 g/mol. The molecule has 1 atom stereocenters. The van der Waals surface area contributed by atoms with Crippen molar-refractivity contribution in [3.05, 3.63) is 0 Å². The summed E-state index contributed by atoms with van der Waals surface area (Å²) < 4.78 is 0. The third-order valence-corrected chi connectivity index (χ3v) is 3.81. The van der Waals surface area contributed by atoms with Crippen molar-refractivity contribution in [3.63, 3.8) is 0 Å². The van der Waals surface area contributed by atoms with E-state index in [2.05, 4.69) is 19.2 Å². The van der Waals surface area contributed by atoms with Crippen LogP contribution in [0.15, 0.2) is 0 Å². The van der Waals surface area contributed by atoms with Gasteiger partial charge in [-0.25, -0.2) is 0 Å². The van der Waals surface area contributed by atoms with Crippen molar-refractivity contribution in [2.45, 2.75) is 33.1 Å². The maximum Gasteiger partial charge on any atom is 0.226 e. The molecule has 5 nitrogen and oxygen atoms in total. The van der Waals surface area contributed by atoms with Crippen LogP contribution in [0.1, 0.15) is 33.1 Å². The first-order valence-corrected chi connectivity index (χ1v) is 7.20. The van der Waals surface area contributed by atoms with E-state index in [4.69, 9.17) is 5.73 Å². The Morgan fingerprint density at radius 2 is 1.89 bits per heavy atom. The van der Waals surface area contributed by atoms with Gasteiger partial charge in [-0.2, -0.15) is 0 Å². The number of piperidine rings is 1. The maximum atomic E-state index is 12.4. The molecule has 19 heavy (non-hydrogen) atoms. The van der Waals surface area contributed by atoms with Gasteiger partial charge in [0.1, 0.15) is 0 Å². The average Bonchev–Trinajstić information content (AvgIpc) is 2.43. The predicted octanol–water partition coefficient (Wildman–Crippen LogP) is 0.592. The van der Waals surface area contributed by atoms with Crippen LogP contribution in [-0.4, -0.2) is 43.4 Å². The zero-order valence-electron chi connectivity index (χ0n) is 12.3. The Morgan fingerprint density at radius 1 is 1.32 bits per heavy atom. The number of carbonyl (C=O) groups is 2.